The first-order chi connectivity index (χ1) is 4.27. The number of allylic oxidation sites excluding steroid dienone is 4. The fraction of sp³-hybridized carbons (Fsp3) is 0.556. The molecule has 0 saturated carbocycles. The van der Waals surface area contributed by atoms with E-state index >= 15 is 0 Å². The van der Waals surface area contributed by atoms with Crippen molar-refractivity contribution in [3.05, 3.63) is 24.3 Å². The van der Waals surface area contributed by atoms with Gasteiger partial charge >= 0.3 is 0 Å². The second-order valence-corrected chi connectivity index (χ2v) is 2.48. The van der Waals surface area contributed by atoms with Crippen LogP contribution in [0.1, 0.15) is 27.2 Å². The summed E-state index contributed by atoms with van der Waals surface area (Å²) in [4.78, 5) is 0. The summed E-state index contributed by atoms with van der Waals surface area (Å²) in [5.74, 6) is 0.690. The first-order valence-electron chi connectivity index (χ1n) is 3.55. The molecule has 0 aliphatic heterocycles. The molecular formula is C9H16. The Hall–Kier alpha value is -0.520. The Bertz CT molecular complexity index is 96.6. The molecule has 0 atom stereocenters. The Morgan fingerprint density at radius 1 is 1.22 bits per heavy atom. The Labute approximate surface area is 58.3 Å². The van der Waals surface area contributed by atoms with Gasteiger partial charge in [-0.3, -0.25) is 0 Å². The van der Waals surface area contributed by atoms with Gasteiger partial charge in [0.05, 0.1) is 0 Å². The molecular weight excluding hydrogens is 108 g/mol. The predicted molar refractivity (Wildman–Crippen MR) is 43.4 cm³/mol. The number of rotatable bonds is 3. The largest absolute Gasteiger partial charge is 0.0914 e. The Balaban J connectivity index is 3.25. The van der Waals surface area contributed by atoms with Gasteiger partial charge in [-0.15, -0.1) is 0 Å². The smallest absolute Gasteiger partial charge is 0.0169 e. The molecule has 0 fully saturated rings. The minimum absolute atomic E-state index is 0.690. The minimum atomic E-state index is 0.690. The van der Waals surface area contributed by atoms with E-state index in [0.29, 0.717) is 5.92 Å². The van der Waals surface area contributed by atoms with Crippen molar-refractivity contribution in [1.82, 2.24) is 0 Å². The van der Waals surface area contributed by atoms with E-state index in [9.17, 15) is 0 Å². The summed E-state index contributed by atoms with van der Waals surface area (Å²) in [7, 11) is 0. The third-order valence-corrected chi connectivity index (χ3v) is 1.03. The maximum Gasteiger partial charge on any atom is -0.0169 e. The van der Waals surface area contributed by atoms with E-state index in [1.165, 1.54) is 0 Å². The van der Waals surface area contributed by atoms with Crippen molar-refractivity contribution in [2.75, 3.05) is 0 Å². The third kappa shape index (κ3) is 7.48. The lowest BCUT2D eigenvalue weighted by molar-refractivity contribution is 0.828. The van der Waals surface area contributed by atoms with Gasteiger partial charge in [0.2, 0.25) is 0 Å². The van der Waals surface area contributed by atoms with Gasteiger partial charge in [-0.25, -0.2) is 0 Å². The maximum atomic E-state index is 2.22. The first-order valence-corrected chi connectivity index (χ1v) is 3.55. The molecule has 0 aliphatic rings. The lowest BCUT2D eigenvalue weighted by atomic mass is 10.2. The van der Waals surface area contributed by atoms with Gasteiger partial charge in [0.1, 0.15) is 0 Å². The highest BCUT2D eigenvalue weighted by atomic mass is 13.9. The monoisotopic (exact) mass is 124 g/mol. The second kappa shape index (κ2) is 5.61. The van der Waals surface area contributed by atoms with Crippen LogP contribution < -0.4 is 0 Å². The summed E-state index contributed by atoms with van der Waals surface area (Å²) in [6, 6.07) is 0. The highest BCUT2D eigenvalue weighted by Gasteiger charge is 1.79. The first kappa shape index (κ1) is 8.48. The van der Waals surface area contributed by atoms with E-state index in [4.69, 9.17) is 0 Å². The van der Waals surface area contributed by atoms with E-state index < -0.39 is 0 Å². The van der Waals surface area contributed by atoms with Gasteiger partial charge in [-0.05, 0) is 19.3 Å². The molecule has 0 aliphatic carbocycles. The average Bonchev–Trinajstić information content (AvgIpc) is 1.80. The van der Waals surface area contributed by atoms with Crippen molar-refractivity contribution in [3.63, 3.8) is 0 Å². The molecule has 9 heavy (non-hydrogen) atoms. The molecule has 0 N–H and O–H groups in total. The molecule has 52 valence electrons. The highest BCUT2D eigenvalue weighted by Crippen LogP contribution is 1.95. The summed E-state index contributed by atoms with van der Waals surface area (Å²) in [6.07, 6.45) is 9.73. The van der Waals surface area contributed by atoms with Gasteiger partial charge in [0.15, 0.2) is 0 Å². The van der Waals surface area contributed by atoms with Crippen LogP contribution in [0.5, 0.6) is 0 Å². The zero-order valence-corrected chi connectivity index (χ0v) is 6.59. The van der Waals surface area contributed by atoms with Gasteiger partial charge in [-0.2, -0.15) is 0 Å². The second-order valence-electron chi connectivity index (χ2n) is 2.48. The molecule has 0 unspecified atom stereocenters. The minimum Gasteiger partial charge on any atom is -0.0914 e. The van der Waals surface area contributed by atoms with Gasteiger partial charge < -0.3 is 0 Å². The quantitative estimate of drug-likeness (QED) is 0.507. The lowest BCUT2D eigenvalue weighted by Crippen LogP contribution is -1.75. The SMILES string of the molecule is CC=CC/C=C/C(C)C. The van der Waals surface area contributed by atoms with Crippen LogP contribution in [-0.4, -0.2) is 0 Å². The van der Waals surface area contributed by atoms with Crippen molar-refractivity contribution in [1.29, 1.82) is 0 Å². The van der Waals surface area contributed by atoms with Crippen molar-refractivity contribution in [2.45, 2.75) is 27.2 Å². The molecule has 0 aromatic rings. The standard InChI is InChI=1S/C9H16/c1-4-5-6-7-8-9(2)3/h4-5,7-9H,6H2,1-3H3/b5-4?,8-7+. The molecule has 0 rings (SSSR count). The van der Waals surface area contributed by atoms with E-state index in [1.54, 1.807) is 0 Å². The predicted octanol–water partition coefficient (Wildman–Crippen LogP) is 3.16. The molecule has 0 saturated heterocycles. The lowest BCUT2D eigenvalue weighted by Gasteiger charge is -1.89. The maximum absolute atomic E-state index is 2.22. The highest BCUT2D eigenvalue weighted by molar-refractivity contribution is 4.92. The van der Waals surface area contributed by atoms with Gasteiger partial charge in [-0.1, -0.05) is 38.2 Å². The Morgan fingerprint density at radius 2 is 1.89 bits per heavy atom. The van der Waals surface area contributed by atoms with Crippen LogP contribution in [0.15, 0.2) is 24.3 Å². The average molecular weight is 124 g/mol. The molecule has 0 amide bonds. The summed E-state index contributed by atoms with van der Waals surface area (Å²) < 4.78 is 0. The molecule has 0 nitrogen and oxygen atoms in total. The fourth-order valence-electron chi connectivity index (χ4n) is 0.565. The van der Waals surface area contributed by atoms with Crippen LogP contribution >= 0.6 is 0 Å². The van der Waals surface area contributed by atoms with Crippen molar-refractivity contribution >= 4 is 0 Å². The molecule has 0 aromatic carbocycles. The van der Waals surface area contributed by atoms with Gasteiger partial charge in [0.25, 0.3) is 0 Å². The van der Waals surface area contributed by atoms with Crippen LogP contribution in [0, 0.1) is 5.92 Å². The van der Waals surface area contributed by atoms with E-state index in [1.807, 2.05) is 6.92 Å². The summed E-state index contributed by atoms with van der Waals surface area (Å²) >= 11 is 0. The van der Waals surface area contributed by atoms with E-state index in [2.05, 4.69) is 38.2 Å². The molecule has 0 heteroatoms. The Kier molecular flexibility index (Phi) is 5.29. The molecule has 0 bridgehead atoms. The molecule has 0 radical (unpaired) electrons. The van der Waals surface area contributed by atoms with E-state index in [-0.39, 0.29) is 0 Å². The van der Waals surface area contributed by atoms with Crippen molar-refractivity contribution < 1.29 is 0 Å². The molecule has 0 aromatic heterocycles. The molecule has 0 heterocycles. The summed E-state index contributed by atoms with van der Waals surface area (Å²) in [6.45, 7) is 6.42. The third-order valence-electron chi connectivity index (χ3n) is 1.03. The van der Waals surface area contributed by atoms with Crippen LogP contribution in [0.3, 0.4) is 0 Å². The van der Waals surface area contributed by atoms with Crippen LogP contribution in [-0.2, 0) is 0 Å². The van der Waals surface area contributed by atoms with Gasteiger partial charge in [0, 0.05) is 0 Å². The fourth-order valence-corrected chi connectivity index (χ4v) is 0.565. The van der Waals surface area contributed by atoms with Crippen LogP contribution in [0.25, 0.3) is 0 Å². The number of hydrogen-bond acceptors (Lipinski definition) is 0. The molecule has 0 spiro atoms. The van der Waals surface area contributed by atoms with Crippen molar-refractivity contribution in [2.24, 2.45) is 5.92 Å². The topological polar surface area (TPSA) is 0 Å². The van der Waals surface area contributed by atoms with Crippen LogP contribution in [0.4, 0.5) is 0 Å². The summed E-state index contributed by atoms with van der Waals surface area (Å²) in [5.41, 5.74) is 0. The van der Waals surface area contributed by atoms with E-state index in [0.717, 1.165) is 6.42 Å². The van der Waals surface area contributed by atoms with Crippen molar-refractivity contribution in [3.8, 4) is 0 Å². The normalized spacial score (nSPS) is 12.4. The summed E-state index contributed by atoms with van der Waals surface area (Å²) in [5, 5.41) is 0. The van der Waals surface area contributed by atoms with Crippen LogP contribution in [0.2, 0.25) is 0 Å². The zero-order chi connectivity index (χ0) is 7.11. The zero-order valence-electron chi connectivity index (χ0n) is 6.59. The Morgan fingerprint density at radius 3 is 2.33 bits per heavy atom. The number of hydrogen-bond donors (Lipinski definition) is 0.